The Balaban J connectivity index is 1.22. The van der Waals surface area contributed by atoms with Crippen molar-refractivity contribution in [2.24, 2.45) is 5.92 Å². The van der Waals surface area contributed by atoms with E-state index in [1.54, 1.807) is 0 Å². The summed E-state index contributed by atoms with van der Waals surface area (Å²) in [7, 11) is 0. The van der Waals surface area contributed by atoms with Crippen LogP contribution in [-0.2, 0) is 14.3 Å². The predicted molar refractivity (Wildman–Crippen MR) is 157 cm³/mol. The number of piperidine rings is 1. The molecule has 0 N–H and O–H groups in total. The number of hydrogen-bond donors (Lipinski definition) is 0. The molecule has 2 amide bonds. The second-order valence-electron chi connectivity index (χ2n) is 12.2. The zero-order valence-corrected chi connectivity index (χ0v) is 24.4. The highest BCUT2D eigenvalue weighted by atomic mass is 35.5. The number of ether oxygens (including phenoxy) is 1. The molecule has 0 aliphatic carbocycles. The van der Waals surface area contributed by atoms with E-state index < -0.39 is 5.54 Å². The lowest BCUT2D eigenvalue weighted by atomic mass is 9.83. The number of para-hydroxylation sites is 1. The minimum atomic E-state index is -0.595. The molecule has 7 nitrogen and oxygen atoms in total. The van der Waals surface area contributed by atoms with Crippen molar-refractivity contribution in [1.82, 2.24) is 14.7 Å². The van der Waals surface area contributed by atoms with Crippen LogP contribution in [0.5, 0.6) is 0 Å². The Kier molecular flexibility index (Phi) is 7.81. The molecule has 8 heteroatoms. The Hall–Kier alpha value is -2.61. The highest BCUT2D eigenvalue weighted by Crippen LogP contribution is 2.42. The number of hydrogen-bond acceptors (Lipinski definition) is 5. The van der Waals surface area contributed by atoms with Crippen molar-refractivity contribution >= 4 is 29.1 Å². The van der Waals surface area contributed by atoms with Gasteiger partial charge in [0.05, 0.1) is 12.6 Å². The van der Waals surface area contributed by atoms with E-state index >= 15 is 0 Å². The Morgan fingerprint density at radius 3 is 2.30 bits per heavy atom. The molecule has 2 atom stereocenters. The monoisotopic (exact) mass is 564 g/mol. The third-order valence-electron chi connectivity index (χ3n) is 9.73. The van der Waals surface area contributed by atoms with Gasteiger partial charge in [-0.15, -0.1) is 0 Å². The van der Waals surface area contributed by atoms with Crippen LogP contribution in [0.3, 0.4) is 0 Å². The molecule has 214 valence electrons. The molecule has 0 aromatic heterocycles. The normalized spacial score (nSPS) is 25.9. The van der Waals surface area contributed by atoms with Gasteiger partial charge in [0.1, 0.15) is 5.54 Å². The van der Waals surface area contributed by atoms with Gasteiger partial charge in [-0.05, 0) is 69.4 Å². The molecule has 2 aromatic carbocycles. The number of nitrogens with zero attached hydrogens (tertiary/aromatic N) is 4. The van der Waals surface area contributed by atoms with Crippen LogP contribution < -0.4 is 4.90 Å². The largest absolute Gasteiger partial charge is 0.381 e. The van der Waals surface area contributed by atoms with Crippen molar-refractivity contribution in [3.05, 3.63) is 65.2 Å². The van der Waals surface area contributed by atoms with Crippen molar-refractivity contribution < 1.29 is 14.3 Å². The second kappa shape index (κ2) is 11.3. The molecule has 4 aliphatic rings. The van der Waals surface area contributed by atoms with Gasteiger partial charge >= 0.3 is 0 Å². The zero-order chi connectivity index (χ0) is 27.9. The van der Waals surface area contributed by atoms with Crippen LogP contribution >= 0.6 is 11.6 Å². The maximum Gasteiger partial charge on any atom is 0.250 e. The Morgan fingerprint density at radius 1 is 0.975 bits per heavy atom. The lowest BCUT2D eigenvalue weighted by Gasteiger charge is -2.44. The number of rotatable bonds is 5. The van der Waals surface area contributed by atoms with E-state index in [-0.39, 0.29) is 29.7 Å². The SMILES string of the molecule is CC(C)N1CN(c2ccccc2)C2(CCN(C(=O)C3CN(C4CCOCC4)CC3c3ccc(Cl)cc3)CC2)C1=O. The number of amides is 2. The third kappa shape index (κ3) is 5.01. The summed E-state index contributed by atoms with van der Waals surface area (Å²) in [6.45, 7) is 9.19. The molecule has 4 fully saturated rings. The Labute approximate surface area is 243 Å². The summed E-state index contributed by atoms with van der Waals surface area (Å²) in [5, 5.41) is 0.715. The molecule has 4 saturated heterocycles. The van der Waals surface area contributed by atoms with Crippen LogP contribution in [0.1, 0.15) is 51.0 Å². The summed E-state index contributed by atoms with van der Waals surface area (Å²) >= 11 is 6.21. The molecule has 4 aliphatic heterocycles. The molecule has 2 unspecified atom stereocenters. The van der Waals surface area contributed by atoms with E-state index in [1.165, 1.54) is 5.56 Å². The Morgan fingerprint density at radius 2 is 1.65 bits per heavy atom. The molecule has 0 radical (unpaired) electrons. The van der Waals surface area contributed by atoms with Gasteiger partial charge in [-0.3, -0.25) is 14.5 Å². The van der Waals surface area contributed by atoms with Crippen molar-refractivity contribution in [3.8, 4) is 0 Å². The average molecular weight is 565 g/mol. The van der Waals surface area contributed by atoms with E-state index in [1.807, 2.05) is 40.1 Å². The van der Waals surface area contributed by atoms with Crippen LogP contribution in [0, 0.1) is 5.92 Å². The molecule has 0 bridgehead atoms. The summed E-state index contributed by atoms with van der Waals surface area (Å²) in [4.78, 5) is 36.9. The summed E-state index contributed by atoms with van der Waals surface area (Å²) < 4.78 is 5.62. The van der Waals surface area contributed by atoms with Crippen LogP contribution in [0.2, 0.25) is 5.02 Å². The molecule has 40 heavy (non-hydrogen) atoms. The topological polar surface area (TPSA) is 56.3 Å². The van der Waals surface area contributed by atoms with Gasteiger partial charge in [-0.2, -0.15) is 0 Å². The summed E-state index contributed by atoms with van der Waals surface area (Å²) in [6, 6.07) is 18.9. The van der Waals surface area contributed by atoms with Crippen molar-refractivity contribution in [3.63, 3.8) is 0 Å². The predicted octanol–water partition coefficient (Wildman–Crippen LogP) is 4.61. The first-order valence-corrected chi connectivity index (χ1v) is 15.2. The second-order valence-corrected chi connectivity index (χ2v) is 12.6. The Bertz CT molecular complexity index is 1190. The first-order valence-electron chi connectivity index (χ1n) is 14.9. The highest BCUT2D eigenvalue weighted by molar-refractivity contribution is 6.30. The first-order chi connectivity index (χ1) is 19.4. The number of likely N-dealkylation sites (tertiary alicyclic amines) is 2. The van der Waals surface area contributed by atoms with Gasteiger partial charge in [0, 0.05) is 68.1 Å². The van der Waals surface area contributed by atoms with E-state index in [0.717, 1.165) is 44.8 Å². The van der Waals surface area contributed by atoms with Gasteiger partial charge in [-0.25, -0.2) is 0 Å². The molecular formula is C32H41ClN4O3. The van der Waals surface area contributed by atoms with E-state index in [2.05, 4.69) is 47.9 Å². The number of halogens is 1. The van der Waals surface area contributed by atoms with Crippen LogP contribution in [0.4, 0.5) is 5.69 Å². The van der Waals surface area contributed by atoms with Gasteiger partial charge in [0.2, 0.25) is 11.8 Å². The highest BCUT2D eigenvalue weighted by Gasteiger charge is 2.55. The van der Waals surface area contributed by atoms with Crippen molar-refractivity contribution in [2.75, 3.05) is 51.0 Å². The van der Waals surface area contributed by atoms with Gasteiger partial charge in [-0.1, -0.05) is 41.9 Å². The van der Waals surface area contributed by atoms with Crippen molar-refractivity contribution in [1.29, 1.82) is 0 Å². The van der Waals surface area contributed by atoms with E-state index in [9.17, 15) is 9.59 Å². The summed E-state index contributed by atoms with van der Waals surface area (Å²) in [5.74, 6) is 0.453. The number of anilines is 1. The maximum absolute atomic E-state index is 14.2. The first kappa shape index (κ1) is 27.6. The maximum atomic E-state index is 14.2. The van der Waals surface area contributed by atoms with Crippen LogP contribution in [-0.4, -0.2) is 90.2 Å². The zero-order valence-electron chi connectivity index (χ0n) is 23.7. The molecular weight excluding hydrogens is 524 g/mol. The van der Waals surface area contributed by atoms with Gasteiger partial charge in [0.15, 0.2) is 0 Å². The number of carbonyl (C=O) groups excluding carboxylic acids is 2. The lowest BCUT2D eigenvalue weighted by molar-refractivity contribution is -0.141. The van der Waals surface area contributed by atoms with E-state index in [4.69, 9.17) is 16.3 Å². The molecule has 1 spiro atoms. The quantitative estimate of drug-likeness (QED) is 0.531. The minimum absolute atomic E-state index is 0.102. The van der Waals surface area contributed by atoms with Crippen LogP contribution in [0.15, 0.2) is 54.6 Å². The van der Waals surface area contributed by atoms with Gasteiger partial charge in [0.25, 0.3) is 0 Å². The van der Waals surface area contributed by atoms with Crippen molar-refractivity contribution in [2.45, 2.75) is 63.1 Å². The summed E-state index contributed by atoms with van der Waals surface area (Å²) in [5.41, 5.74) is 1.66. The fourth-order valence-corrected chi connectivity index (χ4v) is 7.49. The third-order valence-corrected chi connectivity index (χ3v) is 9.99. The standard InChI is InChI=1S/C32H41ClN4O3/c1-23(2)36-22-37(27-6-4-3-5-7-27)32(31(36)39)14-16-34(17-15-32)30(38)29-21-35(26-12-18-40-19-13-26)20-28(29)24-8-10-25(33)11-9-24/h3-11,23,26,28-29H,12-22H2,1-2H3. The van der Waals surface area contributed by atoms with E-state index in [0.29, 0.717) is 43.7 Å². The number of carbonyl (C=O) groups is 2. The number of benzene rings is 2. The smallest absolute Gasteiger partial charge is 0.250 e. The van der Waals surface area contributed by atoms with Crippen LogP contribution in [0.25, 0.3) is 0 Å². The molecule has 6 rings (SSSR count). The average Bonchev–Trinajstić information content (AvgIpc) is 3.55. The fraction of sp³-hybridized carbons (Fsp3) is 0.562. The lowest BCUT2D eigenvalue weighted by Crippen LogP contribution is -2.58. The fourth-order valence-electron chi connectivity index (χ4n) is 7.37. The summed E-state index contributed by atoms with van der Waals surface area (Å²) in [6.07, 6.45) is 3.34. The molecule has 4 heterocycles. The minimum Gasteiger partial charge on any atom is -0.381 e. The van der Waals surface area contributed by atoms with Gasteiger partial charge < -0.3 is 19.4 Å². The molecule has 2 aromatic rings. The molecule has 0 saturated carbocycles.